The summed E-state index contributed by atoms with van der Waals surface area (Å²) in [6.45, 7) is 4.05. The Bertz CT molecular complexity index is 1430. The van der Waals surface area contributed by atoms with Crippen LogP contribution < -0.4 is 11.1 Å². The van der Waals surface area contributed by atoms with E-state index in [0.29, 0.717) is 23.3 Å². The molecular formula is C22H22N6O3. The zero-order valence-corrected chi connectivity index (χ0v) is 17.3. The van der Waals surface area contributed by atoms with Crippen LogP contribution in [0.2, 0.25) is 0 Å². The number of aromatic nitrogens is 5. The van der Waals surface area contributed by atoms with Gasteiger partial charge in [0.25, 0.3) is 11.1 Å². The Balaban J connectivity index is 1.49. The summed E-state index contributed by atoms with van der Waals surface area (Å²) in [6, 6.07) is 9.52. The average molecular weight is 418 g/mol. The van der Waals surface area contributed by atoms with E-state index in [1.807, 2.05) is 18.2 Å². The minimum atomic E-state index is -0.745. The molecule has 31 heavy (non-hydrogen) atoms. The summed E-state index contributed by atoms with van der Waals surface area (Å²) in [7, 11) is 0. The fraction of sp³-hybridized carbons (Fsp3) is 0.318. The summed E-state index contributed by atoms with van der Waals surface area (Å²) in [5.74, 6) is -0.178. The Morgan fingerprint density at radius 1 is 1.23 bits per heavy atom. The standard InChI is InChI=1S/C22H22N6O3/c1-13-10-20(29)28-19(24-13)11-17(25-28)18-8-5-9-26(18)21(30)14(2)27-22(31)16-7-4-3-6-15(16)12-23-27/h3-4,6-7,10-12,14,18,25H,5,8-9H2,1-2H3/t14-,18-/m0/s1. The number of aromatic amines is 1. The number of H-pyrrole nitrogens is 1. The van der Waals surface area contributed by atoms with E-state index in [-0.39, 0.29) is 23.1 Å². The van der Waals surface area contributed by atoms with Gasteiger partial charge >= 0.3 is 0 Å². The topological polar surface area (TPSA) is 105 Å². The highest BCUT2D eigenvalue weighted by molar-refractivity contribution is 5.83. The van der Waals surface area contributed by atoms with E-state index in [9.17, 15) is 14.4 Å². The second-order valence-corrected chi connectivity index (χ2v) is 7.99. The largest absolute Gasteiger partial charge is 0.332 e. The fourth-order valence-corrected chi connectivity index (χ4v) is 4.38. The Morgan fingerprint density at radius 2 is 2.03 bits per heavy atom. The van der Waals surface area contributed by atoms with E-state index < -0.39 is 6.04 Å². The Labute approximate surface area is 176 Å². The Kier molecular flexibility index (Phi) is 4.46. The Morgan fingerprint density at radius 3 is 2.87 bits per heavy atom. The van der Waals surface area contributed by atoms with Gasteiger partial charge in [0.1, 0.15) is 6.04 Å². The van der Waals surface area contributed by atoms with Gasteiger partial charge in [-0.25, -0.2) is 14.2 Å². The van der Waals surface area contributed by atoms with Crippen molar-refractivity contribution in [3.8, 4) is 0 Å². The van der Waals surface area contributed by atoms with Crippen LogP contribution in [0.15, 0.2) is 52.2 Å². The maximum absolute atomic E-state index is 13.4. The van der Waals surface area contributed by atoms with Gasteiger partial charge in [-0.3, -0.25) is 19.5 Å². The lowest BCUT2D eigenvalue weighted by molar-refractivity contribution is -0.135. The summed E-state index contributed by atoms with van der Waals surface area (Å²) < 4.78 is 2.64. The number of likely N-dealkylation sites (tertiary alicyclic amines) is 1. The van der Waals surface area contributed by atoms with Crippen molar-refractivity contribution in [1.82, 2.24) is 29.3 Å². The van der Waals surface area contributed by atoms with Crippen molar-refractivity contribution < 1.29 is 4.79 Å². The van der Waals surface area contributed by atoms with Gasteiger partial charge in [0.05, 0.1) is 23.3 Å². The highest BCUT2D eigenvalue weighted by Gasteiger charge is 2.35. The van der Waals surface area contributed by atoms with Gasteiger partial charge < -0.3 is 4.90 Å². The molecule has 1 aliphatic heterocycles. The van der Waals surface area contributed by atoms with Crippen LogP contribution in [0.3, 0.4) is 0 Å². The molecule has 1 aromatic carbocycles. The molecule has 1 saturated heterocycles. The van der Waals surface area contributed by atoms with Crippen LogP contribution in [0, 0.1) is 6.92 Å². The molecule has 158 valence electrons. The zero-order chi connectivity index (χ0) is 21.7. The number of nitrogens with zero attached hydrogens (tertiary/aromatic N) is 5. The van der Waals surface area contributed by atoms with Crippen LogP contribution in [0.4, 0.5) is 0 Å². The number of aryl methyl sites for hydroxylation is 1. The van der Waals surface area contributed by atoms with Crippen LogP contribution in [-0.2, 0) is 4.79 Å². The van der Waals surface area contributed by atoms with Crippen LogP contribution in [0.5, 0.6) is 0 Å². The van der Waals surface area contributed by atoms with E-state index in [4.69, 9.17) is 0 Å². The minimum absolute atomic E-state index is 0.178. The predicted molar refractivity (Wildman–Crippen MR) is 115 cm³/mol. The van der Waals surface area contributed by atoms with E-state index in [2.05, 4.69) is 15.2 Å². The maximum Gasteiger partial charge on any atom is 0.275 e. The molecule has 3 aromatic heterocycles. The normalized spacial score (nSPS) is 17.5. The molecule has 0 spiro atoms. The molecule has 1 aliphatic rings. The molecule has 9 nitrogen and oxygen atoms in total. The second kappa shape index (κ2) is 7.19. The van der Waals surface area contributed by atoms with Crippen molar-refractivity contribution in [1.29, 1.82) is 0 Å². The third-order valence-corrected chi connectivity index (χ3v) is 5.94. The number of carbonyl (C=O) groups is 1. The summed E-state index contributed by atoms with van der Waals surface area (Å²) in [5, 5.41) is 8.62. The molecule has 0 saturated carbocycles. The van der Waals surface area contributed by atoms with Crippen molar-refractivity contribution in [2.75, 3.05) is 6.54 Å². The molecule has 0 unspecified atom stereocenters. The molecule has 1 amide bonds. The highest BCUT2D eigenvalue weighted by atomic mass is 16.2. The van der Waals surface area contributed by atoms with Crippen LogP contribution in [-0.4, -0.2) is 41.7 Å². The summed E-state index contributed by atoms with van der Waals surface area (Å²) in [6.07, 6.45) is 3.21. The van der Waals surface area contributed by atoms with E-state index in [1.54, 1.807) is 37.1 Å². The number of nitrogens with one attached hydrogen (secondary N) is 1. The molecule has 5 rings (SSSR count). The van der Waals surface area contributed by atoms with Crippen LogP contribution in [0.25, 0.3) is 16.4 Å². The summed E-state index contributed by atoms with van der Waals surface area (Å²) >= 11 is 0. The lowest BCUT2D eigenvalue weighted by Crippen LogP contribution is -2.40. The molecule has 0 radical (unpaired) electrons. The maximum atomic E-state index is 13.4. The first kappa shape index (κ1) is 19.2. The van der Waals surface area contributed by atoms with Crippen molar-refractivity contribution in [3.63, 3.8) is 0 Å². The quantitative estimate of drug-likeness (QED) is 0.548. The monoisotopic (exact) mass is 418 g/mol. The zero-order valence-electron chi connectivity index (χ0n) is 17.3. The van der Waals surface area contributed by atoms with Crippen LogP contribution in [0.1, 0.15) is 43.2 Å². The Hall–Kier alpha value is -3.75. The molecule has 2 atom stereocenters. The lowest BCUT2D eigenvalue weighted by Gasteiger charge is -2.27. The molecule has 1 fully saturated rings. The van der Waals surface area contributed by atoms with Gasteiger partial charge in [-0.05, 0) is 32.8 Å². The molecule has 0 bridgehead atoms. The molecular weight excluding hydrogens is 396 g/mol. The van der Waals surface area contributed by atoms with Gasteiger partial charge in [-0.2, -0.15) is 5.10 Å². The SMILES string of the molecule is Cc1cc(=O)n2[nH]c([C@@H]3CCCN3C(=O)[C@H](C)n3ncc4ccccc4c3=O)cc2n1. The van der Waals surface area contributed by atoms with Crippen molar-refractivity contribution >= 4 is 22.3 Å². The predicted octanol–water partition coefficient (Wildman–Crippen LogP) is 1.97. The number of benzene rings is 1. The molecule has 0 aliphatic carbocycles. The molecule has 4 aromatic rings. The number of hydrogen-bond donors (Lipinski definition) is 1. The fourth-order valence-electron chi connectivity index (χ4n) is 4.38. The number of rotatable bonds is 3. The number of fused-ring (bicyclic) bond motifs is 2. The summed E-state index contributed by atoms with van der Waals surface area (Å²) in [4.78, 5) is 44.7. The lowest BCUT2D eigenvalue weighted by atomic mass is 10.1. The van der Waals surface area contributed by atoms with Crippen molar-refractivity contribution in [2.24, 2.45) is 0 Å². The smallest absolute Gasteiger partial charge is 0.275 e. The molecule has 1 N–H and O–H groups in total. The number of amides is 1. The summed E-state index contributed by atoms with van der Waals surface area (Å²) in [5.41, 5.74) is 1.45. The first-order chi connectivity index (χ1) is 14.9. The van der Waals surface area contributed by atoms with Gasteiger partial charge in [0.2, 0.25) is 5.91 Å². The first-order valence-corrected chi connectivity index (χ1v) is 10.3. The number of hydrogen-bond acceptors (Lipinski definition) is 5. The first-order valence-electron chi connectivity index (χ1n) is 10.3. The van der Waals surface area contributed by atoms with E-state index >= 15 is 0 Å². The third kappa shape index (κ3) is 3.13. The number of carbonyl (C=O) groups excluding carboxylic acids is 1. The van der Waals surface area contributed by atoms with Gasteiger partial charge in [-0.15, -0.1) is 0 Å². The van der Waals surface area contributed by atoms with Crippen molar-refractivity contribution in [3.05, 3.63) is 74.7 Å². The van der Waals surface area contributed by atoms with Gasteiger partial charge in [-0.1, -0.05) is 18.2 Å². The van der Waals surface area contributed by atoms with E-state index in [0.717, 1.165) is 23.9 Å². The second-order valence-electron chi connectivity index (χ2n) is 7.99. The molecule has 4 heterocycles. The van der Waals surface area contributed by atoms with E-state index in [1.165, 1.54) is 15.3 Å². The van der Waals surface area contributed by atoms with Gasteiger partial charge in [0, 0.05) is 29.8 Å². The van der Waals surface area contributed by atoms with Crippen LogP contribution >= 0.6 is 0 Å². The van der Waals surface area contributed by atoms with Crippen molar-refractivity contribution in [2.45, 2.75) is 38.8 Å². The minimum Gasteiger partial charge on any atom is -0.332 e. The highest BCUT2D eigenvalue weighted by Crippen LogP contribution is 2.33. The van der Waals surface area contributed by atoms with Gasteiger partial charge in [0.15, 0.2) is 5.65 Å². The molecule has 9 heteroatoms. The third-order valence-electron chi connectivity index (χ3n) is 5.94. The average Bonchev–Trinajstić information content (AvgIpc) is 3.40.